The molecule has 0 aliphatic carbocycles. The van der Waals surface area contributed by atoms with Gasteiger partial charge in [-0.25, -0.2) is 5.43 Å². The monoisotopic (exact) mass is 419 g/mol. The van der Waals surface area contributed by atoms with Crippen LogP contribution in [0.5, 0.6) is 5.75 Å². The summed E-state index contributed by atoms with van der Waals surface area (Å²) in [7, 11) is 0. The Labute approximate surface area is 181 Å². The number of hydrazone groups is 1. The van der Waals surface area contributed by atoms with Gasteiger partial charge < -0.3 is 14.5 Å². The maximum atomic E-state index is 12.2. The van der Waals surface area contributed by atoms with Crippen LogP contribution in [0, 0.1) is 20.8 Å². The minimum atomic E-state index is -0.326. The van der Waals surface area contributed by atoms with Gasteiger partial charge in [-0.1, -0.05) is 18.2 Å². The number of amides is 2. The number of benzene rings is 2. The zero-order chi connectivity index (χ0) is 22.4. The Balaban J connectivity index is 1.53. The number of nitrogens with zero attached hydrogens (tertiary/aromatic N) is 1. The van der Waals surface area contributed by atoms with Crippen molar-refractivity contribution in [3.05, 3.63) is 82.8 Å². The Morgan fingerprint density at radius 3 is 2.39 bits per heavy atom. The summed E-state index contributed by atoms with van der Waals surface area (Å²) in [6.07, 6.45) is 0. The zero-order valence-electron chi connectivity index (χ0n) is 18.0. The molecule has 2 aromatic carbocycles. The lowest BCUT2D eigenvalue weighted by molar-refractivity contribution is -0.118. The molecule has 0 radical (unpaired) electrons. The third-order valence-corrected chi connectivity index (χ3v) is 4.67. The highest BCUT2D eigenvalue weighted by Gasteiger charge is 2.13. The molecule has 3 rings (SSSR count). The van der Waals surface area contributed by atoms with E-state index in [0.717, 1.165) is 16.8 Å². The van der Waals surface area contributed by atoms with Crippen molar-refractivity contribution in [3.63, 3.8) is 0 Å². The van der Waals surface area contributed by atoms with Gasteiger partial charge >= 0.3 is 0 Å². The first-order chi connectivity index (χ1) is 14.8. The second kappa shape index (κ2) is 9.75. The van der Waals surface area contributed by atoms with Gasteiger partial charge in [-0.15, -0.1) is 0 Å². The Hall–Kier alpha value is -3.87. The summed E-state index contributed by atoms with van der Waals surface area (Å²) in [4.78, 5) is 24.3. The van der Waals surface area contributed by atoms with Crippen LogP contribution in [0.15, 0.2) is 64.1 Å². The van der Waals surface area contributed by atoms with Crippen molar-refractivity contribution >= 4 is 23.2 Å². The van der Waals surface area contributed by atoms with Crippen molar-refractivity contribution in [2.45, 2.75) is 27.7 Å². The van der Waals surface area contributed by atoms with Crippen LogP contribution in [0.4, 0.5) is 5.69 Å². The van der Waals surface area contributed by atoms with Crippen LogP contribution in [0.1, 0.15) is 39.9 Å². The van der Waals surface area contributed by atoms with Gasteiger partial charge in [-0.2, -0.15) is 5.10 Å². The maximum absolute atomic E-state index is 12.2. The van der Waals surface area contributed by atoms with Gasteiger partial charge in [0.1, 0.15) is 17.3 Å². The number of nitrogens with one attached hydrogen (secondary N) is 2. The molecule has 160 valence electrons. The number of anilines is 1. The predicted molar refractivity (Wildman–Crippen MR) is 120 cm³/mol. The molecule has 0 atom stereocenters. The van der Waals surface area contributed by atoms with E-state index in [1.54, 1.807) is 39.0 Å². The summed E-state index contributed by atoms with van der Waals surface area (Å²) in [5, 5.41) is 6.98. The minimum absolute atomic E-state index is 0.0969. The summed E-state index contributed by atoms with van der Waals surface area (Å²) < 4.78 is 10.9. The van der Waals surface area contributed by atoms with E-state index in [1.807, 2.05) is 43.3 Å². The standard InChI is InChI=1S/C24H25N3O4/c1-15-7-5-6-8-22(15)25-23(28)14-30-20-11-9-19(10-12-20)17(3)26-27-24(29)21-13-16(2)31-18(21)4/h5-13H,14H2,1-4H3,(H,25,28)(H,27,29)/b26-17-. The van der Waals surface area contributed by atoms with E-state index in [0.29, 0.717) is 28.5 Å². The van der Waals surface area contributed by atoms with Crippen molar-refractivity contribution < 1.29 is 18.7 Å². The molecule has 31 heavy (non-hydrogen) atoms. The van der Waals surface area contributed by atoms with Crippen molar-refractivity contribution in [1.82, 2.24) is 5.43 Å². The molecule has 0 unspecified atom stereocenters. The number of ether oxygens (including phenoxy) is 1. The van der Waals surface area contributed by atoms with Crippen LogP contribution >= 0.6 is 0 Å². The van der Waals surface area contributed by atoms with Gasteiger partial charge in [-0.3, -0.25) is 9.59 Å². The first-order valence-electron chi connectivity index (χ1n) is 9.84. The largest absolute Gasteiger partial charge is 0.484 e. The highest BCUT2D eigenvalue weighted by Crippen LogP contribution is 2.16. The molecule has 0 saturated carbocycles. The van der Waals surface area contributed by atoms with Crippen LogP contribution in [-0.4, -0.2) is 24.1 Å². The van der Waals surface area contributed by atoms with E-state index in [1.165, 1.54) is 0 Å². The van der Waals surface area contributed by atoms with Gasteiger partial charge in [0.15, 0.2) is 6.61 Å². The molecule has 0 aliphatic rings. The lowest BCUT2D eigenvalue weighted by Crippen LogP contribution is -2.20. The summed E-state index contributed by atoms with van der Waals surface area (Å²) in [6, 6.07) is 16.4. The fourth-order valence-corrected chi connectivity index (χ4v) is 2.96. The molecule has 3 aromatic rings. The van der Waals surface area contributed by atoms with E-state index in [2.05, 4.69) is 15.8 Å². The molecule has 7 heteroatoms. The first-order valence-corrected chi connectivity index (χ1v) is 9.84. The second-order valence-electron chi connectivity index (χ2n) is 7.14. The Morgan fingerprint density at radius 1 is 1.03 bits per heavy atom. The highest BCUT2D eigenvalue weighted by molar-refractivity contribution is 6.01. The first kappa shape index (κ1) is 21.8. The fraction of sp³-hybridized carbons (Fsp3) is 0.208. The smallest absolute Gasteiger partial charge is 0.274 e. The van der Waals surface area contributed by atoms with Crippen LogP contribution in [0.3, 0.4) is 0 Å². The number of carbonyl (C=O) groups excluding carboxylic acids is 2. The molecular weight excluding hydrogens is 394 g/mol. The molecule has 0 aliphatic heterocycles. The van der Waals surface area contributed by atoms with Crippen molar-refractivity contribution in [1.29, 1.82) is 0 Å². The molecule has 1 aromatic heterocycles. The fourth-order valence-electron chi connectivity index (χ4n) is 2.96. The van der Waals surface area contributed by atoms with Crippen LogP contribution in [0.25, 0.3) is 0 Å². The molecule has 7 nitrogen and oxygen atoms in total. The Morgan fingerprint density at radius 2 is 1.74 bits per heavy atom. The predicted octanol–water partition coefficient (Wildman–Crippen LogP) is 4.38. The van der Waals surface area contributed by atoms with Gasteiger partial charge in [0.05, 0.1) is 11.3 Å². The molecule has 2 amide bonds. The summed E-state index contributed by atoms with van der Waals surface area (Å²) in [6.45, 7) is 7.14. The molecule has 0 bridgehead atoms. The zero-order valence-corrected chi connectivity index (χ0v) is 18.0. The third kappa shape index (κ3) is 5.82. The van der Waals surface area contributed by atoms with E-state index in [9.17, 15) is 9.59 Å². The highest BCUT2D eigenvalue weighted by atomic mass is 16.5. The summed E-state index contributed by atoms with van der Waals surface area (Å²) in [5.74, 6) is 1.23. The minimum Gasteiger partial charge on any atom is -0.484 e. The lowest BCUT2D eigenvalue weighted by atomic mass is 10.1. The van der Waals surface area contributed by atoms with E-state index in [-0.39, 0.29) is 18.4 Å². The number of carbonyl (C=O) groups is 2. The quantitative estimate of drug-likeness (QED) is 0.439. The van der Waals surface area contributed by atoms with Crippen LogP contribution < -0.4 is 15.5 Å². The molecular formula is C24H25N3O4. The van der Waals surface area contributed by atoms with E-state index in [4.69, 9.17) is 9.15 Å². The topological polar surface area (TPSA) is 92.9 Å². The number of furan rings is 1. The summed E-state index contributed by atoms with van der Waals surface area (Å²) >= 11 is 0. The third-order valence-electron chi connectivity index (χ3n) is 4.67. The van der Waals surface area contributed by atoms with Crippen LogP contribution in [-0.2, 0) is 4.79 Å². The van der Waals surface area contributed by atoms with Crippen molar-refractivity contribution in [2.24, 2.45) is 5.10 Å². The average Bonchev–Trinajstić information content (AvgIpc) is 3.10. The number of hydrogen-bond acceptors (Lipinski definition) is 5. The number of rotatable bonds is 7. The Kier molecular flexibility index (Phi) is 6.87. The van der Waals surface area contributed by atoms with Crippen LogP contribution in [0.2, 0.25) is 0 Å². The number of aryl methyl sites for hydroxylation is 3. The van der Waals surface area contributed by atoms with Gasteiger partial charge in [0, 0.05) is 5.69 Å². The van der Waals surface area contributed by atoms with Gasteiger partial charge in [0.2, 0.25) is 0 Å². The van der Waals surface area contributed by atoms with E-state index < -0.39 is 0 Å². The maximum Gasteiger partial charge on any atom is 0.274 e. The lowest BCUT2D eigenvalue weighted by Gasteiger charge is -2.10. The normalized spacial score (nSPS) is 11.2. The van der Waals surface area contributed by atoms with Gasteiger partial charge in [-0.05, 0) is 75.2 Å². The molecule has 0 saturated heterocycles. The number of para-hydroxylation sites is 1. The average molecular weight is 419 g/mol. The van der Waals surface area contributed by atoms with Gasteiger partial charge in [0.25, 0.3) is 11.8 Å². The number of hydrogen-bond donors (Lipinski definition) is 2. The SMILES string of the molecule is C/C(=N/NC(=O)c1cc(C)oc1C)c1ccc(OCC(=O)Nc2ccccc2C)cc1. The molecule has 0 spiro atoms. The second-order valence-corrected chi connectivity index (χ2v) is 7.14. The molecule has 2 N–H and O–H groups in total. The van der Waals surface area contributed by atoms with Crippen molar-refractivity contribution in [2.75, 3.05) is 11.9 Å². The summed E-state index contributed by atoms with van der Waals surface area (Å²) in [5.41, 5.74) is 6.20. The molecule has 1 heterocycles. The van der Waals surface area contributed by atoms with Crippen molar-refractivity contribution in [3.8, 4) is 5.75 Å². The molecule has 0 fully saturated rings. The van der Waals surface area contributed by atoms with E-state index >= 15 is 0 Å². The Bertz CT molecular complexity index is 1110.